The minimum absolute atomic E-state index is 0.275. The summed E-state index contributed by atoms with van der Waals surface area (Å²) < 4.78 is 0. The van der Waals surface area contributed by atoms with Gasteiger partial charge >= 0.3 is 0 Å². The van der Waals surface area contributed by atoms with Crippen molar-refractivity contribution in [3.63, 3.8) is 0 Å². The summed E-state index contributed by atoms with van der Waals surface area (Å²) in [6, 6.07) is 4.48. The van der Waals surface area contributed by atoms with Gasteiger partial charge in [0.15, 0.2) is 0 Å². The lowest BCUT2D eigenvalue weighted by atomic mass is 10.1. The molecule has 2 heterocycles. The highest BCUT2D eigenvalue weighted by molar-refractivity contribution is 7.10. The number of nitrogens with zero attached hydrogens (tertiary/aromatic N) is 1. The highest BCUT2D eigenvalue weighted by Crippen LogP contribution is 2.34. The van der Waals surface area contributed by atoms with Crippen molar-refractivity contribution in [1.29, 1.82) is 0 Å². The fourth-order valence-electron chi connectivity index (χ4n) is 2.43. The van der Waals surface area contributed by atoms with E-state index < -0.39 is 0 Å². The van der Waals surface area contributed by atoms with Crippen molar-refractivity contribution in [1.82, 2.24) is 4.90 Å². The molecule has 17 heavy (non-hydrogen) atoms. The van der Waals surface area contributed by atoms with E-state index in [4.69, 9.17) is 0 Å². The summed E-state index contributed by atoms with van der Waals surface area (Å²) in [5.41, 5.74) is 0. The van der Waals surface area contributed by atoms with Gasteiger partial charge in [-0.15, -0.1) is 17.9 Å². The van der Waals surface area contributed by atoms with Crippen molar-refractivity contribution < 1.29 is 4.79 Å². The minimum atomic E-state index is 0.275. The van der Waals surface area contributed by atoms with Gasteiger partial charge in [-0.25, -0.2) is 0 Å². The molecule has 0 N–H and O–H groups in total. The van der Waals surface area contributed by atoms with E-state index in [1.54, 1.807) is 11.3 Å². The first kappa shape index (κ1) is 12.4. The van der Waals surface area contributed by atoms with Crippen molar-refractivity contribution in [2.75, 3.05) is 6.54 Å². The zero-order chi connectivity index (χ0) is 12.3. The van der Waals surface area contributed by atoms with Crippen LogP contribution in [0.1, 0.15) is 37.1 Å². The number of carbonyl (C=O) groups is 1. The molecule has 1 aromatic heterocycles. The Balaban J connectivity index is 2.17. The number of hydrogen-bond acceptors (Lipinski definition) is 2. The minimum Gasteiger partial charge on any atom is -0.334 e. The molecule has 2 unspecified atom stereocenters. The van der Waals surface area contributed by atoms with Gasteiger partial charge in [0.1, 0.15) is 0 Å². The summed E-state index contributed by atoms with van der Waals surface area (Å²) in [6.45, 7) is 6.81. The van der Waals surface area contributed by atoms with Gasteiger partial charge in [-0.1, -0.05) is 25.5 Å². The van der Waals surface area contributed by atoms with Gasteiger partial charge in [0.2, 0.25) is 5.91 Å². The standard InChI is InChI=1S/C14H19NOS/c1-3-6-12(13-7-5-8-17-13)15-10-11(4-2)9-14(15)16/h4-5,7-8,11-12H,2-3,6,9-10H2,1H3. The van der Waals surface area contributed by atoms with Crippen LogP contribution in [0.2, 0.25) is 0 Å². The third-order valence-electron chi connectivity index (χ3n) is 3.33. The lowest BCUT2D eigenvalue weighted by Crippen LogP contribution is -2.29. The third kappa shape index (κ3) is 2.60. The number of rotatable bonds is 5. The molecule has 92 valence electrons. The van der Waals surface area contributed by atoms with Crippen LogP contribution in [0, 0.1) is 5.92 Å². The number of carbonyl (C=O) groups excluding carboxylic acids is 1. The van der Waals surface area contributed by atoms with Crippen molar-refractivity contribution >= 4 is 17.2 Å². The normalized spacial score (nSPS) is 21.8. The summed E-state index contributed by atoms with van der Waals surface area (Å²) in [6.07, 6.45) is 4.70. The van der Waals surface area contributed by atoms with E-state index >= 15 is 0 Å². The molecular formula is C14H19NOS. The summed E-state index contributed by atoms with van der Waals surface area (Å²) >= 11 is 1.75. The largest absolute Gasteiger partial charge is 0.334 e. The van der Waals surface area contributed by atoms with Crippen LogP contribution in [0.25, 0.3) is 0 Å². The Hall–Kier alpha value is -1.09. The monoisotopic (exact) mass is 249 g/mol. The van der Waals surface area contributed by atoms with Gasteiger partial charge in [0, 0.05) is 23.8 Å². The molecule has 1 aliphatic rings. The topological polar surface area (TPSA) is 20.3 Å². The van der Waals surface area contributed by atoms with Gasteiger partial charge in [-0.05, 0) is 17.9 Å². The average Bonchev–Trinajstić information content (AvgIpc) is 2.95. The number of hydrogen-bond donors (Lipinski definition) is 0. The van der Waals surface area contributed by atoms with Gasteiger partial charge in [0.25, 0.3) is 0 Å². The van der Waals surface area contributed by atoms with Crippen LogP contribution >= 0.6 is 11.3 Å². The molecule has 0 saturated carbocycles. The molecular weight excluding hydrogens is 230 g/mol. The van der Waals surface area contributed by atoms with E-state index in [9.17, 15) is 4.79 Å². The van der Waals surface area contributed by atoms with E-state index in [1.165, 1.54) is 4.88 Å². The predicted octanol–water partition coefficient (Wildman–Crippen LogP) is 3.62. The second-order valence-corrected chi connectivity index (χ2v) is 5.55. The van der Waals surface area contributed by atoms with E-state index in [1.807, 2.05) is 11.0 Å². The Morgan fingerprint density at radius 3 is 3.06 bits per heavy atom. The van der Waals surface area contributed by atoms with E-state index in [0.717, 1.165) is 19.4 Å². The van der Waals surface area contributed by atoms with Gasteiger partial charge < -0.3 is 4.90 Å². The molecule has 1 aliphatic heterocycles. The van der Waals surface area contributed by atoms with E-state index in [0.29, 0.717) is 12.3 Å². The van der Waals surface area contributed by atoms with Crippen LogP contribution in [0.3, 0.4) is 0 Å². The zero-order valence-corrected chi connectivity index (χ0v) is 11.1. The first-order valence-corrected chi connectivity index (χ1v) is 7.09. The number of likely N-dealkylation sites (tertiary alicyclic amines) is 1. The molecule has 1 amide bonds. The second-order valence-electron chi connectivity index (χ2n) is 4.57. The van der Waals surface area contributed by atoms with Crippen molar-refractivity contribution in [3.8, 4) is 0 Å². The lowest BCUT2D eigenvalue weighted by Gasteiger charge is -2.27. The Kier molecular flexibility index (Phi) is 4.00. The molecule has 0 aliphatic carbocycles. The highest BCUT2D eigenvalue weighted by Gasteiger charge is 2.33. The van der Waals surface area contributed by atoms with Crippen LogP contribution in [0.5, 0.6) is 0 Å². The van der Waals surface area contributed by atoms with Crippen LogP contribution in [0.15, 0.2) is 30.2 Å². The summed E-state index contributed by atoms with van der Waals surface area (Å²) in [7, 11) is 0. The van der Waals surface area contributed by atoms with Gasteiger partial charge in [0.05, 0.1) is 6.04 Å². The SMILES string of the molecule is C=CC1CC(=O)N(C(CCC)c2cccs2)C1. The third-order valence-corrected chi connectivity index (χ3v) is 4.31. The smallest absolute Gasteiger partial charge is 0.223 e. The number of amides is 1. The summed E-state index contributed by atoms with van der Waals surface area (Å²) in [5.74, 6) is 0.614. The molecule has 1 fully saturated rings. The molecule has 2 nitrogen and oxygen atoms in total. The van der Waals surface area contributed by atoms with Crippen LogP contribution in [-0.2, 0) is 4.79 Å². The van der Waals surface area contributed by atoms with Crippen molar-refractivity contribution in [2.45, 2.75) is 32.2 Å². The van der Waals surface area contributed by atoms with Crippen LogP contribution in [-0.4, -0.2) is 17.4 Å². The van der Waals surface area contributed by atoms with Crippen LogP contribution < -0.4 is 0 Å². The van der Waals surface area contributed by atoms with Crippen molar-refractivity contribution in [2.24, 2.45) is 5.92 Å². The molecule has 3 heteroatoms. The molecule has 1 saturated heterocycles. The predicted molar refractivity (Wildman–Crippen MR) is 72.0 cm³/mol. The van der Waals surface area contributed by atoms with Gasteiger partial charge in [-0.2, -0.15) is 0 Å². The molecule has 2 atom stereocenters. The Morgan fingerprint density at radius 2 is 2.53 bits per heavy atom. The Labute approximate surface area is 107 Å². The highest BCUT2D eigenvalue weighted by atomic mass is 32.1. The molecule has 0 radical (unpaired) electrons. The maximum Gasteiger partial charge on any atom is 0.223 e. The lowest BCUT2D eigenvalue weighted by molar-refractivity contribution is -0.129. The first-order valence-electron chi connectivity index (χ1n) is 6.21. The van der Waals surface area contributed by atoms with Gasteiger partial charge in [-0.3, -0.25) is 4.79 Å². The maximum absolute atomic E-state index is 12.0. The number of thiophene rings is 1. The van der Waals surface area contributed by atoms with Crippen LogP contribution in [0.4, 0.5) is 0 Å². The molecule has 0 aromatic carbocycles. The molecule has 0 bridgehead atoms. The van der Waals surface area contributed by atoms with E-state index in [2.05, 4.69) is 31.0 Å². The van der Waals surface area contributed by atoms with E-state index in [-0.39, 0.29) is 11.9 Å². The van der Waals surface area contributed by atoms with Crippen molar-refractivity contribution in [3.05, 3.63) is 35.0 Å². The fourth-order valence-corrected chi connectivity index (χ4v) is 3.30. The Bertz CT molecular complexity index is 385. The molecule has 0 spiro atoms. The zero-order valence-electron chi connectivity index (χ0n) is 10.3. The summed E-state index contributed by atoms with van der Waals surface area (Å²) in [5, 5.41) is 2.09. The quantitative estimate of drug-likeness (QED) is 0.730. The Morgan fingerprint density at radius 1 is 1.71 bits per heavy atom. The first-order chi connectivity index (χ1) is 8.26. The molecule has 2 rings (SSSR count). The summed E-state index contributed by atoms with van der Waals surface area (Å²) in [4.78, 5) is 15.4. The fraction of sp³-hybridized carbons (Fsp3) is 0.500. The second kappa shape index (κ2) is 5.50. The average molecular weight is 249 g/mol. The molecule has 1 aromatic rings. The maximum atomic E-state index is 12.0.